The van der Waals surface area contributed by atoms with Crippen molar-refractivity contribution in [2.75, 3.05) is 6.54 Å². The zero-order valence-corrected chi connectivity index (χ0v) is 9.66. The van der Waals surface area contributed by atoms with E-state index in [1.807, 2.05) is 12.3 Å². The Kier molecular flexibility index (Phi) is 2.79. The van der Waals surface area contributed by atoms with E-state index in [-0.39, 0.29) is 5.41 Å². The molecule has 1 aliphatic carbocycles. The predicted octanol–water partition coefficient (Wildman–Crippen LogP) is 2.59. The molecular formula is C13H20N2. The molecule has 1 aliphatic rings. The number of hydrogen-bond acceptors (Lipinski definition) is 2. The van der Waals surface area contributed by atoms with Crippen molar-refractivity contribution in [1.82, 2.24) is 4.98 Å². The van der Waals surface area contributed by atoms with Crippen LogP contribution in [0.2, 0.25) is 0 Å². The van der Waals surface area contributed by atoms with Gasteiger partial charge in [0.1, 0.15) is 0 Å². The highest BCUT2D eigenvalue weighted by Crippen LogP contribution is 2.44. The van der Waals surface area contributed by atoms with Crippen LogP contribution in [0.4, 0.5) is 0 Å². The summed E-state index contributed by atoms with van der Waals surface area (Å²) in [5.41, 5.74) is 8.76. The lowest BCUT2D eigenvalue weighted by Gasteiger charge is -2.42. The summed E-state index contributed by atoms with van der Waals surface area (Å²) in [5, 5.41) is 0. The molecule has 15 heavy (non-hydrogen) atoms. The van der Waals surface area contributed by atoms with Crippen molar-refractivity contribution in [3.8, 4) is 0 Å². The third-order valence-electron chi connectivity index (χ3n) is 3.66. The average Bonchev–Trinajstić information content (AvgIpc) is 2.17. The Morgan fingerprint density at radius 2 is 2.20 bits per heavy atom. The zero-order valence-electron chi connectivity index (χ0n) is 9.66. The molecule has 1 fully saturated rings. The van der Waals surface area contributed by atoms with Crippen LogP contribution in [0.1, 0.15) is 50.3 Å². The summed E-state index contributed by atoms with van der Waals surface area (Å²) in [7, 11) is 0. The van der Waals surface area contributed by atoms with E-state index in [0.717, 1.165) is 6.54 Å². The predicted molar refractivity (Wildman–Crippen MR) is 62.9 cm³/mol. The molecule has 0 bridgehead atoms. The largest absolute Gasteiger partial charge is 0.330 e. The van der Waals surface area contributed by atoms with Gasteiger partial charge in [0.25, 0.3) is 0 Å². The minimum atomic E-state index is 0.195. The zero-order chi connectivity index (χ0) is 10.9. The Hall–Kier alpha value is -0.890. The van der Waals surface area contributed by atoms with Gasteiger partial charge in [0.2, 0.25) is 0 Å². The molecule has 82 valence electrons. The van der Waals surface area contributed by atoms with Crippen LogP contribution in [0.15, 0.2) is 18.3 Å². The van der Waals surface area contributed by atoms with Gasteiger partial charge in [-0.15, -0.1) is 0 Å². The molecule has 0 radical (unpaired) electrons. The summed E-state index contributed by atoms with van der Waals surface area (Å²) >= 11 is 0. The fourth-order valence-corrected chi connectivity index (χ4v) is 2.47. The van der Waals surface area contributed by atoms with Gasteiger partial charge in [0.05, 0.1) is 5.69 Å². The van der Waals surface area contributed by atoms with Crippen molar-refractivity contribution >= 4 is 0 Å². The van der Waals surface area contributed by atoms with Gasteiger partial charge in [-0.25, -0.2) is 0 Å². The molecule has 0 unspecified atom stereocenters. The molecule has 2 rings (SSSR count). The lowest BCUT2D eigenvalue weighted by Crippen LogP contribution is -2.43. The van der Waals surface area contributed by atoms with E-state index in [1.165, 1.54) is 30.5 Å². The van der Waals surface area contributed by atoms with E-state index < -0.39 is 0 Å². The van der Waals surface area contributed by atoms with Gasteiger partial charge in [0, 0.05) is 18.2 Å². The minimum Gasteiger partial charge on any atom is -0.330 e. The number of pyridine rings is 1. The first-order valence-electron chi connectivity index (χ1n) is 5.85. The molecule has 1 saturated carbocycles. The molecule has 1 aromatic rings. The number of aromatic nitrogens is 1. The normalized spacial score (nSPS) is 18.9. The molecule has 0 saturated heterocycles. The number of hydrogen-bond donors (Lipinski definition) is 1. The van der Waals surface area contributed by atoms with Gasteiger partial charge in [-0.3, -0.25) is 4.98 Å². The van der Waals surface area contributed by atoms with Gasteiger partial charge in [-0.1, -0.05) is 26.3 Å². The lowest BCUT2D eigenvalue weighted by molar-refractivity contribution is 0.243. The Balaban J connectivity index is 2.42. The third-order valence-corrected chi connectivity index (χ3v) is 3.66. The minimum absolute atomic E-state index is 0.195. The first-order valence-corrected chi connectivity index (χ1v) is 5.85. The van der Waals surface area contributed by atoms with Crippen LogP contribution in [0.5, 0.6) is 0 Å². The van der Waals surface area contributed by atoms with E-state index in [1.54, 1.807) is 0 Å². The molecule has 0 aliphatic heterocycles. The summed E-state index contributed by atoms with van der Waals surface area (Å²) in [6.45, 7) is 5.19. The highest BCUT2D eigenvalue weighted by Gasteiger charge is 2.40. The second kappa shape index (κ2) is 3.93. The molecule has 0 atom stereocenters. The Labute approximate surface area is 91.9 Å². The Morgan fingerprint density at radius 1 is 1.47 bits per heavy atom. The van der Waals surface area contributed by atoms with E-state index in [9.17, 15) is 0 Å². The maximum Gasteiger partial charge on any atom is 0.0512 e. The second-order valence-corrected chi connectivity index (χ2v) is 4.93. The van der Waals surface area contributed by atoms with Gasteiger partial charge in [0.15, 0.2) is 0 Å². The van der Waals surface area contributed by atoms with Gasteiger partial charge < -0.3 is 5.73 Å². The smallest absolute Gasteiger partial charge is 0.0512 e. The first kappa shape index (κ1) is 10.6. The first-order chi connectivity index (χ1) is 7.19. The molecular weight excluding hydrogens is 184 g/mol. The third kappa shape index (κ3) is 1.67. The van der Waals surface area contributed by atoms with Crippen molar-refractivity contribution in [3.63, 3.8) is 0 Å². The van der Waals surface area contributed by atoms with Crippen molar-refractivity contribution in [2.24, 2.45) is 5.73 Å². The Morgan fingerprint density at radius 3 is 2.67 bits per heavy atom. The fourth-order valence-electron chi connectivity index (χ4n) is 2.47. The van der Waals surface area contributed by atoms with Crippen LogP contribution in [0.3, 0.4) is 0 Å². The van der Waals surface area contributed by atoms with E-state index in [0.29, 0.717) is 5.92 Å². The topological polar surface area (TPSA) is 38.9 Å². The van der Waals surface area contributed by atoms with Crippen molar-refractivity contribution in [2.45, 2.75) is 44.4 Å². The van der Waals surface area contributed by atoms with Crippen LogP contribution in [-0.2, 0) is 5.41 Å². The number of nitrogens with two attached hydrogens (primary N) is 1. The van der Waals surface area contributed by atoms with Gasteiger partial charge in [-0.2, -0.15) is 0 Å². The number of rotatable bonds is 3. The quantitative estimate of drug-likeness (QED) is 0.822. The van der Waals surface area contributed by atoms with Crippen molar-refractivity contribution in [3.05, 3.63) is 29.6 Å². The van der Waals surface area contributed by atoms with Crippen molar-refractivity contribution < 1.29 is 0 Å². The van der Waals surface area contributed by atoms with Crippen LogP contribution in [0.25, 0.3) is 0 Å². The fraction of sp³-hybridized carbons (Fsp3) is 0.615. The Bertz CT molecular complexity index is 335. The molecule has 1 aromatic heterocycles. The van der Waals surface area contributed by atoms with E-state index in [4.69, 9.17) is 5.73 Å². The maximum atomic E-state index is 5.93. The average molecular weight is 204 g/mol. The molecule has 2 N–H and O–H groups in total. The van der Waals surface area contributed by atoms with Crippen LogP contribution in [0, 0.1) is 0 Å². The molecule has 1 heterocycles. The van der Waals surface area contributed by atoms with Crippen LogP contribution >= 0.6 is 0 Å². The van der Waals surface area contributed by atoms with Crippen LogP contribution < -0.4 is 5.73 Å². The summed E-state index contributed by atoms with van der Waals surface area (Å²) < 4.78 is 0. The molecule has 2 heteroatoms. The van der Waals surface area contributed by atoms with E-state index >= 15 is 0 Å². The summed E-state index contributed by atoms with van der Waals surface area (Å²) in [6.07, 6.45) is 5.61. The van der Waals surface area contributed by atoms with Crippen LogP contribution in [-0.4, -0.2) is 11.5 Å². The number of nitrogens with zero attached hydrogens (tertiary/aromatic N) is 1. The van der Waals surface area contributed by atoms with Crippen molar-refractivity contribution in [1.29, 1.82) is 0 Å². The molecule has 2 nitrogen and oxygen atoms in total. The highest BCUT2D eigenvalue weighted by molar-refractivity contribution is 5.32. The molecule has 0 amide bonds. The summed E-state index contributed by atoms with van der Waals surface area (Å²) in [6, 6.07) is 4.23. The van der Waals surface area contributed by atoms with Gasteiger partial charge >= 0.3 is 0 Å². The monoisotopic (exact) mass is 204 g/mol. The lowest BCUT2D eigenvalue weighted by atomic mass is 9.65. The molecule has 0 spiro atoms. The van der Waals surface area contributed by atoms with Gasteiger partial charge in [-0.05, 0) is 30.4 Å². The highest BCUT2D eigenvalue weighted by atomic mass is 14.8. The second-order valence-electron chi connectivity index (χ2n) is 4.93. The molecule has 0 aromatic carbocycles. The summed E-state index contributed by atoms with van der Waals surface area (Å²) in [4.78, 5) is 4.58. The van der Waals surface area contributed by atoms with E-state index in [2.05, 4.69) is 24.9 Å². The standard InChI is InChI=1S/C13H20N2/c1-10(2)11-5-3-8-15-12(11)13(9-14)6-4-7-13/h3,5,8,10H,4,6-7,9,14H2,1-2H3. The summed E-state index contributed by atoms with van der Waals surface area (Å²) in [5.74, 6) is 0.540. The SMILES string of the molecule is CC(C)c1cccnc1C1(CN)CCC1. The maximum absolute atomic E-state index is 5.93.